The first kappa shape index (κ1) is 59.0. The summed E-state index contributed by atoms with van der Waals surface area (Å²) < 4.78 is 5.86. The lowest BCUT2D eigenvalue weighted by Crippen LogP contribution is -2.46. The average Bonchev–Trinajstić information content (AvgIpc) is 3.26. The summed E-state index contributed by atoms with van der Waals surface area (Å²) in [5.41, 5.74) is 0. The lowest BCUT2D eigenvalue weighted by Gasteiger charge is -2.24. The molecule has 0 saturated carbocycles. The van der Waals surface area contributed by atoms with Gasteiger partial charge in [0.1, 0.15) is 6.10 Å². The largest absolute Gasteiger partial charge is 0.462 e. The van der Waals surface area contributed by atoms with Crippen molar-refractivity contribution in [3.05, 3.63) is 85.1 Å². The summed E-state index contributed by atoms with van der Waals surface area (Å²) in [5, 5.41) is 23.7. The van der Waals surface area contributed by atoms with Gasteiger partial charge in [-0.1, -0.05) is 221 Å². The Kier molecular flexibility index (Phi) is 46.7. The molecular weight excluding hydrogens is 767 g/mol. The van der Waals surface area contributed by atoms with Crippen molar-refractivity contribution < 1.29 is 24.5 Å². The van der Waals surface area contributed by atoms with E-state index in [4.69, 9.17) is 4.74 Å². The molecule has 0 heterocycles. The molecule has 0 aromatic heterocycles. The molecule has 0 aliphatic heterocycles. The first-order chi connectivity index (χ1) is 30.5. The smallest absolute Gasteiger partial charge is 0.306 e. The number of hydrogen-bond donors (Lipinski definition) is 3. The van der Waals surface area contributed by atoms with E-state index >= 15 is 0 Å². The molecule has 6 heteroatoms. The molecule has 3 N–H and O–H groups in total. The Labute approximate surface area is 383 Å². The number of esters is 1. The number of carbonyl (C=O) groups is 2. The second kappa shape index (κ2) is 49.1. The summed E-state index contributed by atoms with van der Waals surface area (Å²) in [6.07, 6.45) is 63.7. The van der Waals surface area contributed by atoms with Crippen LogP contribution in [0.4, 0.5) is 0 Å². The standard InChI is InChI=1S/C56H97NO5/c1-4-7-10-13-16-19-22-25-26-27-28-31-32-35-38-41-44-47-52(62-56(61)49-46-43-40-37-34-30-24-21-18-15-12-9-6-3)50-55(60)57-53(51-58)54(59)48-45-42-39-36-33-29-23-20-17-14-11-8-5-2/h7,10,16,19,25-26,28,30-31,34-35,38,40,43,52-54,58-59H,4-6,8-9,11-15,17-18,20-24,27,29,32-33,36-37,39,41-42,44-51H2,1-3H3,(H,57,60)/b10-7-,19-16-,26-25-,31-28-,34-30-,38-35-,43-40+. The third-order valence-electron chi connectivity index (χ3n) is 11.2. The minimum atomic E-state index is -0.815. The zero-order chi connectivity index (χ0) is 45.2. The van der Waals surface area contributed by atoms with E-state index in [-0.39, 0.29) is 31.3 Å². The number of allylic oxidation sites excluding steroid dienone is 14. The molecule has 1 amide bonds. The molecule has 0 aromatic carbocycles. The van der Waals surface area contributed by atoms with E-state index in [0.717, 1.165) is 77.0 Å². The maximum Gasteiger partial charge on any atom is 0.306 e. The molecular formula is C56H97NO5. The van der Waals surface area contributed by atoms with Gasteiger partial charge in [-0.25, -0.2) is 0 Å². The fraction of sp³-hybridized carbons (Fsp3) is 0.714. The van der Waals surface area contributed by atoms with E-state index < -0.39 is 18.2 Å². The van der Waals surface area contributed by atoms with Crippen molar-refractivity contribution in [2.24, 2.45) is 0 Å². The van der Waals surface area contributed by atoms with Gasteiger partial charge in [0, 0.05) is 6.42 Å². The van der Waals surface area contributed by atoms with E-state index in [1.165, 1.54) is 103 Å². The molecule has 0 radical (unpaired) electrons. The average molecular weight is 864 g/mol. The quantitative estimate of drug-likeness (QED) is 0.0322. The summed E-state index contributed by atoms with van der Waals surface area (Å²) in [4.78, 5) is 26.1. The SMILES string of the molecule is CC/C=C\C/C=C\C/C=C\C/C=C\C/C=C\CCCC(CC(=O)NC(CO)C(O)CCCCCCCCCCCCCCC)OC(=O)CC/C=C/C/C=C\CCCCCCCC. The number of carbonyl (C=O) groups excluding carboxylic acids is 2. The first-order valence-corrected chi connectivity index (χ1v) is 25.8. The minimum Gasteiger partial charge on any atom is -0.462 e. The fourth-order valence-corrected chi connectivity index (χ4v) is 7.34. The van der Waals surface area contributed by atoms with Gasteiger partial charge in [-0.05, 0) is 83.5 Å². The molecule has 0 fully saturated rings. The minimum absolute atomic E-state index is 0.0125. The fourth-order valence-electron chi connectivity index (χ4n) is 7.34. The van der Waals surface area contributed by atoms with Crippen LogP contribution in [0.1, 0.15) is 233 Å². The zero-order valence-electron chi connectivity index (χ0n) is 40.5. The summed E-state index contributed by atoms with van der Waals surface area (Å²) in [6, 6.07) is -0.734. The lowest BCUT2D eigenvalue weighted by atomic mass is 10.0. The number of aliphatic hydroxyl groups is 2. The van der Waals surface area contributed by atoms with Gasteiger partial charge in [0.2, 0.25) is 5.91 Å². The van der Waals surface area contributed by atoms with Gasteiger partial charge in [-0.3, -0.25) is 9.59 Å². The molecule has 3 atom stereocenters. The van der Waals surface area contributed by atoms with Crippen molar-refractivity contribution >= 4 is 11.9 Å². The van der Waals surface area contributed by atoms with E-state index in [1.54, 1.807) is 0 Å². The molecule has 62 heavy (non-hydrogen) atoms. The topological polar surface area (TPSA) is 95.9 Å². The molecule has 0 saturated heterocycles. The number of ether oxygens (including phenoxy) is 1. The summed E-state index contributed by atoms with van der Waals surface area (Å²) in [7, 11) is 0. The molecule has 356 valence electrons. The van der Waals surface area contributed by atoms with Crippen LogP contribution in [0.25, 0.3) is 0 Å². The Morgan fingerprint density at radius 3 is 1.35 bits per heavy atom. The maximum absolute atomic E-state index is 13.2. The molecule has 0 spiro atoms. The monoisotopic (exact) mass is 864 g/mol. The van der Waals surface area contributed by atoms with Crippen molar-refractivity contribution in [1.29, 1.82) is 0 Å². The van der Waals surface area contributed by atoms with E-state index in [9.17, 15) is 19.8 Å². The molecule has 0 rings (SSSR count). The number of rotatable bonds is 45. The van der Waals surface area contributed by atoms with Crippen molar-refractivity contribution in [2.75, 3.05) is 6.61 Å². The highest BCUT2D eigenvalue weighted by Crippen LogP contribution is 2.16. The second-order valence-corrected chi connectivity index (χ2v) is 17.2. The molecule has 0 aliphatic carbocycles. The number of amides is 1. The number of hydrogen-bond acceptors (Lipinski definition) is 5. The van der Waals surface area contributed by atoms with E-state index in [1.807, 2.05) is 6.08 Å². The van der Waals surface area contributed by atoms with E-state index in [0.29, 0.717) is 19.3 Å². The van der Waals surface area contributed by atoms with Gasteiger partial charge in [0.05, 0.1) is 25.2 Å². The Hall–Kier alpha value is -2.96. The third-order valence-corrected chi connectivity index (χ3v) is 11.2. The summed E-state index contributed by atoms with van der Waals surface area (Å²) in [6.45, 7) is 6.32. The number of aliphatic hydroxyl groups excluding tert-OH is 2. The van der Waals surface area contributed by atoms with Gasteiger partial charge in [-0.15, -0.1) is 0 Å². The van der Waals surface area contributed by atoms with Gasteiger partial charge in [-0.2, -0.15) is 0 Å². The Morgan fingerprint density at radius 2 is 0.887 bits per heavy atom. The maximum atomic E-state index is 13.2. The summed E-state index contributed by atoms with van der Waals surface area (Å²) >= 11 is 0. The van der Waals surface area contributed by atoms with Crippen LogP contribution < -0.4 is 5.32 Å². The predicted octanol–water partition coefficient (Wildman–Crippen LogP) is 15.6. The predicted molar refractivity (Wildman–Crippen MR) is 268 cm³/mol. The van der Waals surface area contributed by atoms with Crippen molar-refractivity contribution in [2.45, 2.75) is 251 Å². The molecule has 0 bridgehead atoms. The van der Waals surface area contributed by atoms with Gasteiger partial charge < -0.3 is 20.3 Å². The van der Waals surface area contributed by atoms with Crippen LogP contribution in [-0.4, -0.2) is 46.9 Å². The van der Waals surface area contributed by atoms with E-state index in [2.05, 4.69) is 105 Å². The normalized spacial score (nSPS) is 14.0. The van der Waals surface area contributed by atoms with Crippen LogP contribution in [0.2, 0.25) is 0 Å². The second-order valence-electron chi connectivity index (χ2n) is 17.2. The molecule has 0 aromatic rings. The highest BCUT2D eigenvalue weighted by Gasteiger charge is 2.23. The Bertz CT molecular complexity index is 1200. The molecule has 3 unspecified atom stereocenters. The number of unbranched alkanes of at least 4 members (excludes halogenated alkanes) is 19. The highest BCUT2D eigenvalue weighted by atomic mass is 16.5. The van der Waals surface area contributed by atoms with Gasteiger partial charge in [0.25, 0.3) is 0 Å². The third kappa shape index (κ3) is 43.7. The Morgan fingerprint density at radius 1 is 0.484 bits per heavy atom. The van der Waals surface area contributed by atoms with Crippen LogP contribution in [0, 0.1) is 0 Å². The zero-order valence-corrected chi connectivity index (χ0v) is 40.5. The van der Waals surface area contributed by atoms with Crippen molar-refractivity contribution in [3.8, 4) is 0 Å². The Balaban J connectivity index is 4.78. The van der Waals surface area contributed by atoms with Crippen LogP contribution in [-0.2, 0) is 14.3 Å². The van der Waals surface area contributed by atoms with Gasteiger partial charge >= 0.3 is 5.97 Å². The van der Waals surface area contributed by atoms with Crippen LogP contribution in [0.15, 0.2) is 85.1 Å². The van der Waals surface area contributed by atoms with Crippen LogP contribution >= 0.6 is 0 Å². The highest BCUT2D eigenvalue weighted by molar-refractivity contribution is 5.77. The van der Waals surface area contributed by atoms with Crippen molar-refractivity contribution in [1.82, 2.24) is 5.32 Å². The molecule has 6 nitrogen and oxygen atoms in total. The number of nitrogens with one attached hydrogen (secondary N) is 1. The lowest BCUT2D eigenvalue weighted by molar-refractivity contribution is -0.150. The van der Waals surface area contributed by atoms with Crippen LogP contribution in [0.3, 0.4) is 0 Å². The molecule has 0 aliphatic rings. The summed E-state index contributed by atoms with van der Waals surface area (Å²) in [5.74, 6) is -0.615. The van der Waals surface area contributed by atoms with Gasteiger partial charge in [0.15, 0.2) is 0 Å². The van der Waals surface area contributed by atoms with Crippen molar-refractivity contribution in [3.63, 3.8) is 0 Å². The first-order valence-electron chi connectivity index (χ1n) is 25.8. The van der Waals surface area contributed by atoms with Crippen LogP contribution in [0.5, 0.6) is 0 Å².